The standard InChI is InChI=1S/C32H41N3O7S/c1-7-42-27-15-13-26(14-16-27)35(43(38,39)28-17-18-29(40-5)30(21-28)41-6)22-31(36)34(24(4)32(37)33-23(2)3)20-19-25-11-9-8-10-12-25/h8-18,21,23-24H,7,19-20,22H2,1-6H3,(H,33,37)/t24-/m1/s1. The van der Waals surface area contributed by atoms with Gasteiger partial charge in [-0.25, -0.2) is 8.42 Å². The molecule has 0 aromatic heterocycles. The summed E-state index contributed by atoms with van der Waals surface area (Å²) < 4.78 is 45.5. The van der Waals surface area contributed by atoms with Gasteiger partial charge in [-0.15, -0.1) is 0 Å². The molecule has 0 aliphatic heterocycles. The number of anilines is 1. The fourth-order valence-corrected chi connectivity index (χ4v) is 5.91. The highest BCUT2D eigenvalue weighted by Gasteiger charge is 2.33. The van der Waals surface area contributed by atoms with E-state index in [0.717, 1.165) is 9.87 Å². The van der Waals surface area contributed by atoms with Crippen LogP contribution < -0.4 is 23.8 Å². The van der Waals surface area contributed by atoms with Gasteiger partial charge in [0, 0.05) is 18.7 Å². The largest absolute Gasteiger partial charge is 0.494 e. The topological polar surface area (TPSA) is 114 Å². The van der Waals surface area contributed by atoms with E-state index >= 15 is 0 Å². The number of amides is 2. The van der Waals surface area contributed by atoms with E-state index in [1.807, 2.05) is 51.1 Å². The Balaban J connectivity index is 2.04. The van der Waals surface area contributed by atoms with Crippen LogP contribution in [0.2, 0.25) is 0 Å². The second kappa shape index (κ2) is 15.3. The van der Waals surface area contributed by atoms with E-state index < -0.39 is 28.5 Å². The summed E-state index contributed by atoms with van der Waals surface area (Å²) in [5.74, 6) is 0.295. The summed E-state index contributed by atoms with van der Waals surface area (Å²) in [4.78, 5) is 28.4. The molecule has 1 atom stereocenters. The van der Waals surface area contributed by atoms with E-state index in [2.05, 4.69) is 5.32 Å². The van der Waals surface area contributed by atoms with Gasteiger partial charge in [-0.3, -0.25) is 13.9 Å². The molecule has 0 bridgehead atoms. The van der Waals surface area contributed by atoms with Crippen molar-refractivity contribution in [2.24, 2.45) is 0 Å². The quantitative estimate of drug-likeness (QED) is 0.273. The summed E-state index contributed by atoms with van der Waals surface area (Å²) in [5.41, 5.74) is 1.24. The number of hydrogen-bond donors (Lipinski definition) is 1. The molecule has 0 saturated heterocycles. The van der Waals surface area contributed by atoms with Gasteiger partial charge >= 0.3 is 0 Å². The van der Waals surface area contributed by atoms with Gasteiger partial charge in [-0.2, -0.15) is 0 Å². The molecule has 10 nitrogen and oxygen atoms in total. The molecule has 1 N–H and O–H groups in total. The maximum absolute atomic E-state index is 14.1. The molecule has 0 saturated carbocycles. The Bertz CT molecular complexity index is 1460. The van der Waals surface area contributed by atoms with Crippen molar-refractivity contribution in [2.45, 2.75) is 51.1 Å². The van der Waals surface area contributed by atoms with Crippen LogP contribution in [-0.4, -0.2) is 71.1 Å². The van der Waals surface area contributed by atoms with E-state index in [4.69, 9.17) is 14.2 Å². The molecule has 11 heteroatoms. The molecule has 0 aliphatic carbocycles. The van der Waals surface area contributed by atoms with Crippen LogP contribution in [0.3, 0.4) is 0 Å². The van der Waals surface area contributed by atoms with Crippen LogP contribution >= 0.6 is 0 Å². The molecule has 2 amide bonds. The van der Waals surface area contributed by atoms with Crippen molar-refractivity contribution in [2.75, 3.05) is 38.2 Å². The van der Waals surface area contributed by atoms with Gasteiger partial charge in [0.1, 0.15) is 18.3 Å². The number of benzene rings is 3. The summed E-state index contributed by atoms with van der Waals surface area (Å²) in [6.07, 6.45) is 0.483. The van der Waals surface area contributed by atoms with Crippen molar-refractivity contribution in [1.29, 1.82) is 0 Å². The molecular formula is C32H41N3O7S. The average molecular weight is 612 g/mol. The maximum Gasteiger partial charge on any atom is 0.264 e. The minimum absolute atomic E-state index is 0.0896. The Hall–Kier alpha value is -4.25. The Morgan fingerprint density at radius 2 is 1.53 bits per heavy atom. The van der Waals surface area contributed by atoms with E-state index in [1.165, 1.54) is 37.3 Å². The maximum atomic E-state index is 14.1. The smallest absolute Gasteiger partial charge is 0.264 e. The van der Waals surface area contributed by atoms with Crippen LogP contribution in [-0.2, 0) is 26.0 Å². The zero-order valence-corrected chi connectivity index (χ0v) is 26.4. The lowest BCUT2D eigenvalue weighted by Gasteiger charge is -2.32. The van der Waals surface area contributed by atoms with Crippen molar-refractivity contribution in [3.8, 4) is 17.2 Å². The second-order valence-corrected chi connectivity index (χ2v) is 12.0. The van der Waals surface area contributed by atoms with Gasteiger partial charge in [0.05, 0.1) is 31.4 Å². The number of nitrogens with zero attached hydrogens (tertiary/aromatic N) is 2. The minimum atomic E-state index is -4.29. The van der Waals surface area contributed by atoms with Crippen molar-refractivity contribution in [3.63, 3.8) is 0 Å². The van der Waals surface area contributed by atoms with Gasteiger partial charge in [-0.1, -0.05) is 30.3 Å². The molecule has 3 rings (SSSR count). The number of hydrogen-bond acceptors (Lipinski definition) is 7. The lowest BCUT2D eigenvalue weighted by molar-refractivity contribution is -0.139. The highest BCUT2D eigenvalue weighted by atomic mass is 32.2. The molecule has 3 aromatic rings. The highest BCUT2D eigenvalue weighted by molar-refractivity contribution is 7.92. The molecule has 43 heavy (non-hydrogen) atoms. The number of sulfonamides is 1. The van der Waals surface area contributed by atoms with E-state index in [1.54, 1.807) is 31.2 Å². The Kier molecular flexibility index (Phi) is 11.8. The molecule has 0 fully saturated rings. The van der Waals surface area contributed by atoms with E-state index in [-0.39, 0.29) is 34.8 Å². The number of nitrogens with one attached hydrogen (secondary N) is 1. The first-order chi connectivity index (χ1) is 20.5. The van der Waals surface area contributed by atoms with Crippen molar-refractivity contribution in [1.82, 2.24) is 10.2 Å². The van der Waals surface area contributed by atoms with Crippen LogP contribution in [0.1, 0.15) is 33.3 Å². The molecule has 0 heterocycles. The third-order valence-electron chi connectivity index (χ3n) is 6.74. The average Bonchev–Trinajstić information content (AvgIpc) is 3.00. The summed E-state index contributed by atoms with van der Waals surface area (Å²) in [5, 5.41) is 2.85. The lowest BCUT2D eigenvalue weighted by Crippen LogP contribution is -2.53. The fraction of sp³-hybridized carbons (Fsp3) is 0.375. The number of rotatable bonds is 15. The monoisotopic (exact) mass is 611 g/mol. The van der Waals surface area contributed by atoms with Crippen LogP contribution in [0, 0.1) is 0 Å². The van der Waals surface area contributed by atoms with Crippen molar-refractivity contribution in [3.05, 3.63) is 78.4 Å². The highest BCUT2D eigenvalue weighted by Crippen LogP contribution is 2.33. The molecular weight excluding hydrogens is 570 g/mol. The molecule has 0 spiro atoms. The second-order valence-electron chi connectivity index (χ2n) is 10.1. The van der Waals surface area contributed by atoms with Gasteiger partial charge in [0.2, 0.25) is 11.8 Å². The van der Waals surface area contributed by atoms with Crippen LogP contribution in [0.15, 0.2) is 77.7 Å². The first-order valence-electron chi connectivity index (χ1n) is 14.1. The fourth-order valence-electron chi connectivity index (χ4n) is 4.48. The third-order valence-corrected chi connectivity index (χ3v) is 8.51. The Labute approximate surface area is 254 Å². The predicted octanol–water partition coefficient (Wildman–Crippen LogP) is 4.28. The summed E-state index contributed by atoms with van der Waals surface area (Å²) >= 11 is 0. The van der Waals surface area contributed by atoms with Crippen LogP contribution in [0.5, 0.6) is 17.2 Å². The minimum Gasteiger partial charge on any atom is -0.494 e. The van der Waals surface area contributed by atoms with Gasteiger partial charge in [0.15, 0.2) is 11.5 Å². The molecule has 232 valence electrons. The Morgan fingerprint density at radius 1 is 0.884 bits per heavy atom. The van der Waals surface area contributed by atoms with Crippen LogP contribution in [0.4, 0.5) is 5.69 Å². The van der Waals surface area contributed by atoms with Crippen LogP contribution in [0.25, 0.3) is 0 Å². The number of ether oxygens (including phenoxy) is 3. The molecule has 3 aromatic carbocycles. The lowest BCUT2D eigenvalue weighted by atomic mass is 10.1. The first-order valence-corrected chi connectivity index (χ1v) is 15.6. The number of carbonyl (C=O) groups is 2. The normalized spacial score (nSPS) is 11.9. The summed E-state index contributed by atoms with van der Waals surface area (Å²) in [6, 6.07) is 19.3. The van der Waals surface area contributed by atoms with Gasteiger partial charge in [0.25, 0.3) is 10.0 Å². The third kappa shape index (κ3) is 8.63. The first kappa shape index (κ1) is 33.3. The Morgan fingerprint density at radius 3 is 2.12 bits per heavy atom. The predicted molar refractivity (Wildman–Crippen MR) is 166 cm³/mol. The number of carbonyl (C=O) groups excluding carboxylic acids is 2. The molecule has 0 unspecified atom stereocenters. The van der Waals surface area contributed by atoms with Crippen molar-refractivity contribution < 1.29 is 32.2 Å². The van der Waals surface area contributed by atoms with E-state index in [0.29, 0.717) is 24.5 Å². The zero-order valence-electron chi connectivity index (χ0n) is 25.6. The number of methoxy groups -OCH3 is 2. The van der Waals surface area contributed by atoms with Gasteiger partial charge < -0.3 is 24.4 Å². The molecule has 0 radical (unpaired) electrons. The SMILES string of the molecule is CCOc1ccc(N(CC(=O)N(CCc2ccccc2)[C@H](C)C(=O)NC(C)C)S(=O)(=O)c2ccc(OC)c(OC)c2)cc1. The van der Waals surface area contributed by atoms with E-state index in [9.17, 15) is 18.0 Å². The summed E-state index contributed by atoms with van der Waals surface area (Å²) in [6.45, 7) is 7.28. The summed E-state index contributed by atoms with van der Waals surface area (Å²) in [7, 11) is -1.42. The van der Waals surface area contributed by atoms with Gasteiger partial charge in [-0.05, 0) is 76.1 Å². The zero-order chi connectivity index (χ0) is 31.6. The molecule has 0 aliphatic rings. The van der Waals surface area contributed by atoms with Crippen molar-refractivity contribution >= 4 is 27.5 Å².